The third kappa shape index (κ3) is 6.65. The second-order valence-corrected chi connectivity index (χ2v) is 3.29. The maximum absolute atomic E-state index is 11.4. The van der Waals surface area contributed by atoms with Gasteiger partial charge in [-0.3, -0.25) is 9.59 Å². The van der Waals surface area contributed by atoms with Gasteiger partial charge >= 0.3 is 5.97 Å². The van der Waals surface area contributed by atoms with Crippen molar-refractivity contribution in [1.29, 1.82) is 0 Å². The summed E-state index contributed by atoms with van der Waals surface area (Å²) in [5.41, 5.74) is 0. The molecular formula is C10H17NO4. The van der Waals surface area contributed by atoms with Gasteiger partial charge in [0.15, 0.2) is 0 Å². The number of methoxy groups -OCH3 is 1. The number of esters is 1. The number of nitrogens with one attached hydrogen (secondary N) is 1. The van der Waals surface area contributed by atoms with Gasteiger partial charge in [0.2, 0.25) is 5.91 Å². The fourth-order valence-corrected chi connectivity index (χ4v) is 1.04. The number of carbonyl (C=O) groups excluding carboxylic acids is 3. The number of aldehydes is 1. The van der Waals surface area contributed by atoms with E-state index in [4.69, 9.17) is 0 Å². The molecule has 1 amide bonds. The van der Waals surface area contributed by atoms with Gasteiger partial charge in [-0.1, -0.05) is 6.92 Å². The Morgan fingerprint density at radius 1 is 1.47 bits per heavy atom. The van der Waals surface area contributed by atoms with Crippen LogP contribution in [0.15, 0.2) is 0 Å². The molecule has 0 fully saturated rings. The zero-order valence-corrected chi connectivity index (χ0v) is 9.12. The third-order valence-electron chi connectivity index (χ3n) is 2.04. The zero-order chi connectivity index (χ0) is 11.7. The molecule has 15 heavy (non-hydrogen) atoms. The van der Waals surface area contributed by atoms with Crippen LogP contribution in [0.3, 0.4) is 0 Å². The van der Waals surface area contributed by atoms with E-state index < -0.39 is 5.97 Å². The first-order valence-corrected chi connectivity index (χ1v) is 4.90. The molecule has 0 saturated carbocycles. The Bertz CT molecular complexity index is 227. The molecule has 0 aliphatic heterocycles. The highest BCUT2D eigenvalue weighted by molar-refractivity contribution is 5.83. The van der Waals surface area contributed by atoms with Crippen molar-refractivity contribution >= 4 is 18.2 Å². The molecule has 86 valence electrons. The number of rotatable bonds is 7. The molecule has 0 saturated heterocycles. The summed E-state index contributed by atoms with van der Waals surface area (Å²) in [6, 6.07) is 0. The van der Waals surface area contributed by atoms with Crippen LogP contribution in [0, 0.1) is 5.92 Å². The molecular weight excluding hydrogens is 198 g/mol. The largest absolute Gasteiger partial charge is 0.468 e. The van der Waals surface area contributed by atoms with Gasteiger partial charge in [0, 0.05) is 12.3 Å². The van der Waals surface area contributed by atoms with Crippen LogP contribution >= 0.6 is 0 Å². The van der Waals surface area contributed by atoms with Gasteiger partial charge in [-0.15, -0.1) is 0 Å². The lowest BCUT2D eigenvalue weighted by Gasteiger charge is -2.10. The smallest absolute Gasteiger partial charge is 0.325 e. The molecule has 0 aromatic heterocycles. The summed E-state index contributed by atoms with van der Waals surface area (Å²) in [5.74, 6) is -0.843. The van der Waals surface area contributed by atoms with Crippen molar-refractivity contribution in [2.45, 2.75) is 26.2 Å². The van der Waals surface area contributed by atoms with Crippen LogP contribution in [-0.2, 0) is 19.1 Å². The number of hydrogen-bond donors (Lipinski definition) is 1. The standard InChI is InChI=1S/C10H17NO4/c1-8(5-3-4-6-12)10(14)11-7-9(13)15-2/h6,8H,3-5,7H2,1-2H3,(H,11,14). The Balaban J connectivity index is 3.68. The van der Waals surface area contributed by atoms with Crippen molar-refractivity contribution in [3.63, 3.8) is 0 Å². The van der Waals surface area contributed by atoms with Crippen LogP contribution in [0.5, 0.6) is 0 Å². The summed E-state index contributed by atoms with van der Waals surface area (Å²) in [6.45, 7) is 1.66. The lowest BCUT2D eigenvalue weighted by molar-refractivity contribution is -0.141. The SMILES string of the molecule is COC(=O)CNC(=O)C(C)CCCC=O. The first kappa shape index (κ1) is 13.6. The van der Waals surface area contributed by atoms with E-state index in [0.717, 1.165) is 6.29 Å². The van der Waals surface area contributed by atoms with Gasteiger partial charge in [0.05, 0.1) is 7.11 Å². The van der Waals surface area contributed by atoms with Gasteiger partial charge in [0.1, 0.15) is 12.8 Å². The lowest BCUT2D eigenvalue weighted by Crippen LogP contribution is -2.34. The topological polar surface area (TPSA) is 72.5 Å². The summed E-state index contributed by atoms with van der Waals surface area (Å²) in [4.78, 5) is 32.1. The van der Waals surface area contributed by atoms with Crippen LogP contribution in [0.25, 0.3) is 0 Å². The fourth-order valence-electron chi connectivity index (χ4n) is 1.04. The molecule has 0 aromatic rings. The maximum atomic E-state index is 11.4. The van der Waals surface area contributed by atoms with E-state index >= 15 is 0 Å². The molecule has 0 aromatic carbocycles. The number of ether oxygens (including phenoxy) is 1. The van der Waals surface area contributed by atoms with E-state index in [-0.39, 0.29) is 18.4 Å². The molecule has 5 nitrogen and oxygen atoms in total. The van der Waals surface area contributed by atoms with Crippen molar-refractivity contribution in [3.05, 3.63) is 0 Å². The highest BCUT2D eigenvalue weighted by atomic mass is 16.5. The maximum Gasteiger partial charge on any atom is 0.325 e. The Hall–Kier alpha value is -1.39. The Labute approximate surface area is 89.2 Å². The number of unbranched alkanes of at least 4 members (excludes halogenated alkanes) is 1. The van der Waals surface area contributed by atoms with Crippen molar-refractivity contribution in [3.8, 4) is 0 Å². The second kappa shape index (κ2) is 7.96. The van der Waals surface area contributed by atoms with Crippen LogP contribution in [0.4, 0.5) is 0 Å². The highest BCUT2D eigenvalue weighted by Gasteiger charge is 2.13. The summed E-state index contributed by atoms with van der Waals surface area (Å²) in [7, 11) is 1.27. The summed E-state index contributed by atoms with van der Waals surface area (Å²) in [6.07, 6.45) is 2.63. The van der Waals surface area contributed by atoms with E-state index in [2.05, 4.69) is 10.1 Å². The minimum atomic E-state index is -0.469. The predicted molar refractivity (Wildman–Crippen MR) is 54.1 cm³/mol. The molecule has 0 aliphatic rings. The van der Waals surface area contributed by atoms with Gasteiger partial charge in [-0.2, -0.15) is 0 Å². The van der Waals surface area contributed by atoms with Crippen molar-refractivity contribution in [2.24, 2.45) is 5.92 Å². The Kier molecular flexibility index (Phi) is 7.23. The lowest BCUT2D eigenvalue weighted by atomic mass is 10.0. The zero-order valence-electron chi connectivity index (χ0n) is 9.12. The molecule has 0 rings (SSSR count). The van der Waals surface area contributed by atoms with Gasteiger partial charge in [0.25, 0.3) is 0 Å². The first-order chi connectivity index (χ1) is 7.11. The Morgan fingerprint density at radius 2 is 2.13 bits per heavy atom. The average molecular weight is 215 g/mol. The van der Waals surface area contributed by atoms with Gasteiger partial charge in [-0.05, 0) is 12.8 Å². The van der Waals surface area contributed by atoms with E-state index in [0.29, 0.717) is 19.3 Å². The quantitative estimate of drug-likeness (QED) is 0.376. The number of amides is 1. The van der Waals surface area contributed by atoms with E-state index in [1.54, 1.807) is 6.92 Å². The van der Waals surface area contributed by atoms with Crippen LogP contribution < -0.4 is 5.32 Å². The molecule has 0 aliphatic carbocycles. The van der Waals surface area contributed by atoms with Crippen molar-refractivity contribution < 1.29 is 19.1 Å². The summed E-state index contributed by atoms with van der Waals surface area (Å²) >= 11 is 0. The first-order valence-electron chi connectivity index (χ1n) is 4.90. The molecule has 1 unspecified atom stereocenters. The monoisotopic (exact) mass is 215 g/mol. The van der Waals surface area contributed by atoms with Gasteiger partial charge < -0.3 is 14.8 Å². The Morgan fingerprint density at radius 3 is 2.67 bits per heavy atom. The minimum Gasteiger partial charge on any atom is -0.468 e. The second-order valence-electron chi connectivity index (χ2n) is 3.29. The summed E-state index contributed by atoms with van der Waals surface area (Å²) in [5, 5.41) is 2.46. The third-order valence-corrected chi connectivity index (χ3v) is 2.04. The molecule has 1 N–H and O–H groups in total. The van der Waals surface area contributed by atoms with Crippen LogP contribution in [0.2, 0.25) is 0 Å². The molecule has 1 atom stereocenters. The minimum absolute atomic E-state index is 0.104. The molecule has 0 bridgehead atoms. The highest BCUT2D eigenvalue weighted by Crippen LogP contribution is 2.06. The van der Waals surface area contributed by atoms with Crippen LogP contribution in [0.1, 0.15) is 26.2 Å². The number of carbonyl (C=O) groups is 3. The van der Waals surface area contributed by atoms with Crippen molar-refractivity contribution in [1.82, 2.24) is 5.32 Å². The molecule has 0 heterocycles. The molecule has 0 radical (unpaired) electrons. The summed E-state index contributed by atoms with van der Waals surface area (Å²) < 4.78 is 4.38. The molecule has 0 spiro atoms. The number of hydrogen-bond acceptors (Lipinski definition) is 4. The molecule has 5 heteroatoms. The predicted octanol–water partition coefficient (Wildman–Crippen LogP) is 0.281. The fraction of sp³-hybridized carbons (Fsp3) is 0.700. The van der Waals surface area contributed by atoms with E-state index in [1.165, 1.54) is 7.11 Å². The normalized spacial score (nSPS) is 11.6. The van der Waals surface area contributed by atoms with Gasteiger partial charge in [-0.25, -0.2) is 0 Å². The van der Waals surface area contributed by atoms with Crippen LogP contribution in [-0.4, -0.2) is 31.8 Å². The van der Waals surface area contributed by atoms with E-state index in [9.17, 15) is 14.4 Å². The van der Waals surface area contributed by atoms with Crippen molar-refractivity contribution in [2.75, 3.05) is 13.7 Å². The average Bonchev–Trinajstić information content (AvgIpc) is 2.25. The van der Waals surface area contributed by atoms with E-state index in [1.807, 2.05) is 0 Å².